The van der Waals surface area contributed by atoms with Crippen molar-refractivity contribution in [2.45, 2.75) is 13.3 Å². The molecule has 0 aromatic carbocycles. The van der Waals surface area contributed by atoms with Crippen LogP contribution >= 0.6 is 0 Å². The minimum Gasteiger partial charge on any atom is -0.381 e. The third-order valence-electron chi connectivity index (χ3n) is 1.52. The highest BCUT2D eigenvalue weighted by Gasteiger charge is 2.06. The van der Waals surface area contributed by atoms with Gasteiger partial charge in [0.15, 0.2) is 0 Å². The molecule has 0 unspecified atom stereocenters. The second-order valence-electron chi connectivity index (χ2n) is 2.89. The van der Waals surface area contributed by atoms with E-state index in [2.05, 4.69) is 0 Å². The van der Waals surface area contributed by atoms with Gasteiger partial charge in [0.25, 0.3) is 0 Å². The summed E-state index contributed by atoms with van der Waals surface area (Å²) in [6, 6.07) is 0. The lowest BCUT2D eigenvalue weighted by Gasteiger charge is -2.17. The molecule has 1 N–H and O–H groups in total. The summed E-state index contributed by atoms with van der Waals surface area (Å²) in [5.74, 6) is 0.119. The topological polar surface area (TPSA) is 57.6 Å². The van der Waals surface area contributed by atoms with Crippen molar-refractivity contribution in [3.8, 4) is 0 Å². The molecule has 0 aromatic heterocycles. The average molecular weight is 195 g/mol. The van der Waals surface area contributed by atoms with Gasteiger partial charge in [-0.2, -0.15) is 0 Å². The zero-order valence-corrected chi connectivity index (χ0v) is 8.47. The first-order valence-corrected chi connectivity index (χ1v) is 6.06. The van der Waals surface area contributed by atoms with Gasteiger partial charge in [0.2, 0.25) is 0 Å². The van der Waals surface area contributed by atoms with Crippen LogP contribution in [0, 0.1) is 0 Å². The predicted octanol–water partition coefficient (Wildman–Crippen LogP) is -0.307. The highest BCUT2D eigenvalue weighted by molar-refractivity contribution is 7.90. The molecule has 0 radical (unpaired) electrons. The smallest absolute Gasteiger partial charge is 0.148 e. The van der Waals surface area contributed by atoms with E-state index in [0.717, 1.165) is 13.0 Å². The number of rotatable bonds is 6. The van der Waals surface area contributed by atoms with Crippen molar-refractivity contribution in [2.24, 2.45) is 0 Å². The first-order chi connectivity index (χ1) is 5.49. The molecule has 0 aliphatic carbocycles. The molecule has 0 aliphatic heterocycles. The molecule has 5 heteroatoms. The molecule has 0 saturated carbocycles. The van der Waals surface area contributed by atoms with Crippen LogP contribution in [0.2, 0.25) is 0 Å². The largest absolute Gasteiger partial charge is 0.381 e. The molecule has 0 spiro atoms. The maximum absolute atomic E-state index is 10.7. The molecule has 0 heterocycles. The zero-order valence-electron chi connectivity index (χ0n) is 7.65. The minimum atomic E-state index is -2.90. The fourth-order valence-corrected chi connectivity index (χ4v) is 1.45. The lowest BCUT2D eigenvalue weighted by atomic mass is 10.4. The van der Waals surface area contributed by atoms with Crippen LogP contribution in [0.4, 0.5) is 0 Å². The van der Waals surface area contributed by atoms with E-state index in [1.54, 1.807) is 4.90 Å². The summed E-state index contributed by atoms with van der Waals surface area (Å²) in [6.45, 7) is 3.08. The number of hydrogen-bond donors (Lipinski definition) is 1. The Morgan fingerprint density at radius 2 is 1.92 bits per heavy atom. The fraction of sp³-hybridized carbons (Fsp3) is 1.00. The molecule has 0 fully saturated rings. The molecule has 0 amide bonds. The molecule has 4 nitrogen and oxygen atoms in total. The van der Waals surface area contributed by atoms with Gasteiger partial charge in [0.05, 0.1) is 12.5 Å². The van der Waals surface area contributed by atoms with Crippen LogP contribution in [0.15, 0.2) is 0 Å². The monoisotopic (exact) mass is 195 g/mol. The van der Waals surface area contributed by atoms with E-state index in [9.17, 15) is 8.42 Å². The maximum atomic E-state index is 10.7. The normalized spacial score (nSPS) is 12.3. The van der Waals surface area contributed by atoms with E-state index in [0.29, 0.717) is 6.54 Å². The Labute approximate surface area is 74.1 Å². The molecule has 12 heavy (non-hydrogen) atoms. The van der Waals surface area contributed by atoms with Gasteiger partial charge in [-0.15, -0.1) is 0 Å². The number of nitrogens with zero attached hydrogens (tertiary/aromatic N) is 1. The second kappa shape index (κ2) is 5.50. The van der Waals surface area contributed by atoms with Crippen LogP contribution in [-0.4, -0.2) is 50.3 Å². The third kappa shape index (κ3) is 6.57. The Kier molecular flexibility index (Phi) is 5.44. The quantitative estimate of drug-likeness (QED) is 0.591. The Morgan fingerprint density at radius 1 is 1.33 bits per heavy atom. The van der Waals surface area contributed by atoms with Crippen molar-refractivity contribution in [1.29, 1.82) is 0 Å². The van der Waals surface area contributed by atoms with Crippen molar-refractivity contribution in [3.05, 3.63) is 0 Å². The lowest BCUT2D eigenvalue weighted by molar-refractivity contribution is 0.113. The summed E-state index contributed by atoms with van der Waals surface area (Å²) in [5, 5.41) is 8.79. The Morgan fingerprint density at radius 3 is 2.25 bits per heavy atom. The van der Waals surface area contributed by atoms with E-state index >= 15 is 0 Å². The van der Waals surface area contributed by atoms with Crippen LogP contribution in [-0.2, 0) is 9.84 Å². The van der Waals surface area contributed by atoms with Crippen LogP contribution in [0.3, 0.4) is 0 Å². The van der Waals surface area contributed by atoms with Gasteiger partial charge in [-0.1, -0.05) is 6.92 Å². The fourth-order valence-electron chi connectivity index (χ4n) is 0.864. The minimum absolute atomic E-state index is 0.0661. The van der Waals surface area contributed by atoms with Crippen molar-refractivity contribution >= 4 is 9.84 Å². The van der Waals surface area contributed by atoms with Gasteiger partial charge in [-0.3, -0.25) is 4.90 Å². The summed E-state index contributed by atoms with van der Waals surface area (Å²) in [6.07, 6.45) is 2.12. The predicted molar refractivity (Wildman–Crippen MR) is 48.7 cm³/mol. The van der Waals surface area contributed by atoms with Gasteiger partial charge >= 0.3 is 0 Å². The molecule has 0 rings (SSSR count). The zero-order chi connectivity index (χ0) is 9.61. The summed E-state index contributed by atoms with van der Waals surface area (Å²) < 4.78 is 21.5. The summed E-state index contributed by atoms with van der Waals surface area (Å²) in [7, 11) is -2.90. The van der Waals surface area contributed by atoms with E-state index < -0.39 is 9.84 Å². The number of hydrogen-bond acceptors (Lipinski definition) is 4. The van der Waals surface area contributed by atoms with Crippen LogP contribution < -0.4 is 0 Å². The summed E-state index contributed by atoms with van der Waals surface area (Å²) >= 11 is 0. The van der Waals surface area contributed by atoms with Crippen molar-refractivity contribution in [1.82, 2.24) is 4.90 Å². The molecule has 0 saturated heterocycles. The average Bonchev–Trinajstić information content (AvgIpc) is 1.96. The van der Waals surface area contributed by atoms with Gasteiger partial charge in [0, 0.05) is 19.3 Å². The highest BCUT2D eigenvalue weighted by Crippen LogP contribution is 1.91. The highest BCUT2D eigenvalue weighted by atomic mass is 32.2. The van der Waals surface area contributed by atoms with Gasteiger partial charge < -0.3 is 5.11 Å². The molecule has 0 bridgehead atoms. The van der Waals surface area contributed by atoms with Gasteiger partial charge in [0.1, 0.15) is 9.84 Å². The van der Waals surface area contributed by atoms with E-state index in [-0.39, 0.29) is 12.5 Å². The Hall–Kier alpha value is -0.130. The number of sulfone groups is 1. The first-order valence-electron chi connectivity index (χ1n) is 4.00. The molecule has 0 aliphatic rings. The second-order valence-corrected chi connectivity index (χ2v) is 5.15. The number of aliphatic hydroxyl groups excluding tert-OH is 1. The van der Waals surface area contributed by atoms with E-state index in [1.165, 1.54) is 6.26 Å². The SMILES string of the molecule is CCCN(CO)CCS(C)(=O)=O. The van der Waals surface area contributed by atoms with Crippen LogP contribution in [0.1, 0.15) is 13.3 Å². The Bertz CT molecular complexity index is 201. The number of aliphatic hydroxyl groups is 1. The Balaban J connectivity index is 3.73. The standard InChI is InChI=1S/C7H17NO3S/c1-3-4-8(7-9)5-6-12(2,10)11/h9H,3-7H2,1-2H3. The third-order valence-corrected chi connectivity index (χ3v) is 2.44. The van der Waals surface area contributed by atoms with Gasteiger partial charge in [-0.25, -0.2) is 8.42 Å². The summed E-state index contributed by atoms with van der Waals surface area (Å²) in [4.78, 5) is 1.71. The van der Waals surface area contributed by atoms with E-state index in [1.807, 2.05) is 6.92 Å². The lowest BCUT2D eigenvalue weighted by Crippen LogP contribution is -2.30. The van der Waals surface area contributed by atoms with Crippen LogP contribution in [0.25, 0.3) is 0 Å². The van der Waals surface area contributed by atoms with Crippen molar-refractivity contribution in [3.63, 3.8) is 0 Å². The molecular weight excluding hydrogens is 178 g/mol. The van der Waals surface area contributed by atoms with Gasteiger partial charge in [-0.05, 0) is 6.42 Å². The summed E-state index contributed by atoms with van der Waals surface area (Å²) in [5.41, 5.74) is 0. The molecule has 0 aromatic rings. The molecule has 0 atom stereocenters. The molecule has 74 valence electrons. The van der Waals surface area contributed by atoms with E-state index in [4.69, 9.17) is 5.11 Å². The van der Waals surface area contributed by atoms with Crippen molar-refractivity contribution < 1.29 is 13.5 Å². The first kappa shape index (κ1) is 11.9. The molecular formula is C7H17NO3S. The van der Waals surface area contributed by atoms with Crippen LogP contribution in [0.5, 0.6) is 0 Å². The van der Waals surface area contributed by atoms with Crippen molar-refractivity contribution in [2.75, 3.05) is 31.8 Å². The maximum Gasteiger partial charge on any atom is 0.148 e.